The van der Waals surface area contributed by atoms with Crippen molar-refractivity contribution in [1.82, 2.24) is 19.4 Å². The number of carbonyl (C=O) groups excluding carboxylic acids is 3. The van der Waals surface area contributed by atoms with Gasteiger partial charge >= 0.3 is 0 Å². The summed E-state index contributed by atoms with van der Waals surface area (Å²) in [6.07, 6.45) is 9.84. The van der Waals surface area contributed by atoms with Crippen molar-refractivity contribution in [1.29, 1.82) is 0 Å². The number of rotatable bonds is 4. The van der Waals surface area contributed by atoms with Gasteiger partial charge in [0.15, 0.2) is 0 Å². The number of likely N-dealkylation sites (tertiary alicyclic amines) is 1. The van der Waals surface area contributed by atoms with E-state index in [1.54, 1.807) is 23.4 Å². The molecule has 2 saturated heterocycles. The van der Waals surface area contributed by atoms with Gasteiger partial charge in [-0.3, -0.25) is 24.3 Å². The second-order valence-corrected chi connectivity index (χ2v) is 8.19. The Kier molecular flexibility index (Phi) is 5.53. The predicted octanol–water partition coefficient (Wildman–Crippen LogP) is 3.21. The lowest BCUT2D eigenvalue weighted by Crippen LogP contribution is -2.45. The Hall–Kier alpha value is -2.87. The molecule has 150 valence electrons. The highest BCUT2D eigenvalue weighted by molar-refractivity contribution is 8.18. The van der Waals surface area contributed by atoms with Crippen LogP contribution in [0.15, 0.2) is 47.8 Å². The smallest absolute Gasteiger partial charge is 0.294 e. The molecule has 3 amide bonds. The van der Waals surface area contributed by atoms with Gasteiger partial charge in [-0.05, 0) is 60.9 Å². The van der Waals surface area contributed by atoms with E-state index in [1.807, 2.05) is 42.1 Å². The summed E-state index contributed by atoms with van der Waals surface area (Å²) in [5, 5.41) is -0.404. The van der Waals surface area contributed by atoms with Crippen molar-refractivity contribution < 1.29 is 14.4 Å². The van der Waals surface area contributed by atoms with E-state index >= 15 is 0 Å². The maximum absolute atomic E-state index is 13.0. The van der Waals surface area contributed by atoms with E-state index in [4.69, 9.17) is 0 Å². The van der Waals surface area contributed by atoms with Gasteiger partial charge in [0.1, 0.15) is 6.54 Å². The molecule has 4 rings (SSSR count). The zero-order valence-corrected chi connectivity index (χ0v) is 17.0. The molecule has 4 heterocycles. The van der Waals surface area contributed by atoms with Crippen LogP contribution in [0.5, 0.6) is 0 Å². The molecular weight excluding hydrogens is 388 g/mol. The molecule has 1 atom stereocenters. The zero-order chi connectivity index (χ0) is 20.4. The molecule has 0 N–H and O–H groups in total. The minimum Gasteiger partial charge on any atom is -0.351 e. The number of thioether (sulfide) groups is 1. The van der Waals surface area contributed by atoms with Gasteiger partial charge in [-0.1, -0.05) is 6.07 Å². The first-order valence-corrected chi connectivity index (χ1v) is 10.4. The van der Waals surface area contributed by atoms with Crippen molar-refractivity contribution in [3.05, 3.63) is 59.0 Å². The Bertz CT molecular complexity index is 969. The lowest BCUT2D eigenvalue weighted by Gasteiger charge is -2.36. The molecule has 2 aromatic rings. The molecule has 0 bridgehead atoms. The van der Waals surface area contributed by atoms with Crippen molar-refractivity contribution in [3.63, 3.8) is 0 Å². The molecule has 2 aliphatic heterocycles. The van der Waals surface area contributed by atoms with Crippen LogP contribution in [0.3, 0.4) is 0 Å². The summed E-state index contributed by atoms with van der Waals surface area (Å²) in [7, 11) is 1.87. The van der Waals surface area contributed by atoms with Gasteiger partial charge in [0, 0.05) is 37.9 Å². The topological polar surface area (TPSA) is 75.5 Å². The summed E-state index contributed by atoms with van der Waals surface area (Å²) in [6.45, 7) is 0.389. The third-order valence-electron chi connectivity index (χ3n) is 5.32. The van der Waals surface area contributed by atoms with Crippen LogP contribution >= 0.6 is 11.8 Å². The molecule has 0 saturated carbocycles. The van der Waals surface area contributed by atoms with E-state index in [1.165, 1.54) is 0 Å². The predicted molar refractivity (Wildman–Crippen MR) is 111 cm³/mol. The van der Waals surface area contributed by atoms with Crippen molar-refractivity contribution in [2.75, 3.05) is 13.1 Å². The van der Waals surface area contributed by atoms with Crippen LogP contribution in [-0.4, -0.2) is 49.5 Å². The number of pyridine rings is 1. The molecule has 2 aromatic heterocycles. The number of hydrogen-bond acceptors (Lipinski definition) is 5. The zero-order valence-electron chi connectivity index (χ0n) is 16.2. The fourth-order valence-electron chi connectivity index (χ4n) is 3.77. The van der Waals surface area contributed by atoms with Gasteiger partial charge < -0.3 is 9.47 Å². The van der Waals surface area contributed by atoms with Gasteiger partial charge in [0.05, 0.1) is 10.9 Å². The van der Waals surface area contributed by atoms with Crippen molar-refractivity contribution in [3.8, 4) is 0 Å². The highest BCUT2D eigenvalue weighted by Gasteiger charge is 2.38. The molecule has 7 nitrogen and oxygen atoms in total. The molecule has 1 unspecified atom stereocenters. The molecule has 8 heteroatoms. The first-order valence-electron chi connectivity index (χ1n) is 9.60. The molecule has 29 heavy (non-hydrogen) atoms. The van der Waals surface area contributed by atoms with Gasteiger partial charge in [-0.2, -0.15) is 0 Å². The lowest BCUT2D eigenvalue weighted by molar-refractivity contribution is -0.138. The van der Waals surface area contributed by atoms with E-state index in [9.17, 15) is 14.4 Å². The first-order chi connectivity index (χ1) is 14.0. The van der Waals surface area contributed by atoms with E-state index in [-0.39, 0.29) is 18.5 Å². The highest BCUT2D eigenvalue weighted by Crippen LogP contribution is 2.34. The molecule has 0 spiro atoms. The van der Waals surface area contributed by atoms with Crippen LogP contribution in [-0.2, 0) is 16.6 Å². The maximum atomic E-state index is 13.0. The summed E-state index contributed by atoms with van der Waals surface area (Å²) in [5.41, 5.74) is 1.81. The number of amides is 3. The molecule has 0 aromatic carbocycles. The molecule has 0 aliphatic carbocycles. The summed E-state index contributed by atoms with van der Waals surface area (Å²) < 4.78 is 1.87. The number of nitrogens with zero attached hydrogens (tertiary/aromatic N) is 4. The standard InChI is InChI=1S/C21H22N4O3S/c1-23-10-5-7-16(23)12-18-20(27)25(21(28)29-18)14-19(26)24-11-3-2-8-17(24)15-6-4-9-22-13-15/h4-7,9-10,12-13,17H,2-3,8,11,14H2,1H3. The largest absolute Gasteiger partial charge is 0.351 e. The number of hydrogen-bond donors (Lipinski definition) is 0. The third-order valence-corrected chi connectivity index (χ3v) is 6.23. The van der Waals surface area contributed by atoms with Crippen LogP contribution < -0.4 is 0 Å². The van der Waals surface area contributed by atoms with Crippen LogP contribution in [0, 0.1) is 0 Å². The van der Waals surface area contributed by atoms with E-state index in [2.05, 4.69) is 4.98 Å². The van der Waals surface area contributed by atoms with Gasteiger partial charge in [-0.25, -0.2) is 0 Å². The molecule has 2 fully saturated rings. The monoisotopic (exact) mass is 410 g/mol. The Balaban J connectivity index is 1.50. The summed E-state index contributed by atoms with van der Waals surface area (Å²) in [6, 6.07) is 7.49. The number of carbonyl (C=O) groups is 3. The van der Waals surface area contributed by atoms with E-state index in [0.717, 1.165) is 47.2 Å². The van der Waals surface area contributed by atoms with Crippen molar-refractivity contribution >= 4 is 34.9 Å². The number of aryl methyl sites for hydroxylation is 1. The van der Waals surface area contributed by atoms with Crippen LogP contribution in [0.2, 0.25) is 0 Å². The number of piperidine rings is 1. The van der Waals surface area contributed by atoms with E-state index < -0.39 is 11.1 Å². The summed E-state index contributed by atoms with van der Waals surface area (Å²) in [4.78, 5) is 45.5. The van der Waals surface area contributed by atoms with Gasteiger partial charge in [-0.15, -0.1) is 0 Å². The minimum atomic E-state index is -0.413. The van der Waals surface area contributed by atoms with Gasteiger partial charge in [0.2, 0.25) is 5.91 Å². The Morgan fingerprint density at radius 1 is 1.28 bits per heavy atom. The summed E-state index contributed by atoms with van der Waals surface area (Å²) >= 11 is 0.879. The Morgan fingerprint density at radius 3 is 2.86 bits per heavy atom. The fraction of sp³-hybridized carbons (Fsp3) is 0.333. The Morgan fingerprint density at radius 2 is 2.14 bits per heavy atom. The van der Waals surface area contributed by atoms with Crippen LogP contribution in [0.4, 0.5) is 4.79 Å². The minimum absolute atomic E-state index is 0.0659. The lowest BCUT2D eigenvalue weighted by atomic mass is 9.96. The fourth-order valence-corrected chi connectivity index (χ4v) is 4.59. The first kappa shape index (κ1) is 19.4. The quantitative estimate of drug-likeness (QED) is 0.724. The average molecular weight is 410 g/mol. The number of aromatic nitrogens is 2. The van der Waals surface area contributed by atoms with Gasteiger partial charge in [0.25, 0.3) is 11.1 Å². The normalized spacial score (nSPS) is 21.3. The SMILES string of the molecule is Cn1cccc1C=C1SC(=O)N(CC(=O)N2CCCCC2c2cccnc2)C1=O. The summed E-state index contributed by atoms with van der Waals surface area (Å²) in [5.74, 6) is -0.620. The average Bonchev–Trinajstić information content (AvgIpc) is 3.26. The molecular formula is C21H22N4O3S. The Labute approximate surface area is 173 Å². The second-order valence-electron chi connectivity index (χ2n) is 7.20. The van der Waals surface area contributed by atoms with Crippen molar-refractivity contribution in [2.24, 2.45) is 7.05 Å². The second kappa shape index (κ2) is 8.24. The van der Waals surface area contributed by atoms with Crippen molar-refractivity contribution in [2.45, 2.75) is 25.3 Å². The van der Waals surface area contributed by atoms with E-state index in [0.29, 0.717) is 11.4 Å². The maximum Gasteiger partial charge on any atom is 0.294 e. The number of imide groups is 1. The third kappa shape index (κ3) is 3.98. The molecule has 2 aliphatic rings. The molecule has 0 radical (unpaired) electrons. The van der Waals surface area contributed by atoms with Crippen LogP contribution in [0.1, 0.15) is 36.6 Å². The highest BCUT2D eigenvalue weighted by atomic mass is 32.2. The van der Waals surface area contributed by atoms with Crippen LogP contribution in [0.25, 0.3) is 6.08 Å².